The Balaban J connectivity index is 2.11. The number of ether oxygens (including phenoxy) is 1. The van der Waals surface area contributed by atoms with Gasteiger partial charge in [-0.3, -0.25) is 14.2 Å². The quantitative estimate of drug-likeness (QED) is 0.517. The van der Waals surface area contributed by atoms with Crippen LogP contribution >= 0.6 is 0 Å². The molecule has 0 aliphatic heterocycles. The highest BCUT2D eigenvalue weighted by molar-refractivity contribution is 6.05. The summed E-state index contributed by atoms with van der Waals surface area (Å²) in [5, 5.41) is 12.0. The molecule has 3 rings (SSSR count). The van der Waals surface area contributed by atoms with Crippen LogP contribution in [0, 0.1) is 18.6 Å². The zero-order chi connectivity index (χ0) is 24.5. The summed E-state index contributed by atoms with van der Waals surface area (Å²) in [5.41, 5.74) is -0.155. The molecule has 0 radical (unpaired) electrons. The molecule has 0 saturated heterocycles. The summed E-state index contributed by atoms with van der Waals surface area (Å²) in [7, 11) is 0. The van der Waals surface area contributed by atoms with E-state index in [1.54, 1.807) is 0 Å². The Morgan fingerprint density at radius 3 is 2.36 bits per heavy atom. The first kappa shape index (κ1) is 24.0. The highest BCUT2D eigenvalue weighted by Gasteiger charge is 2.31. The average molecular weight is 470 g/mol. The normalized spacial score (nSPS) is 11.6. The standard InChI is InChI=1S/C22H19F5N2O4/c1-3-8-28-17(30)9-14-11(2)29(16-10-15(23)20(31)19(24)18(14)16)21(32)12-4-6-13(7-5-12)33-22(25,26)27/h4-7,10,31H,3,8-9H2,1-2H3,(H,28,30). The summed E-state index contributed by atoms with van der Waals surface area (Å²) in [6.45, 7) is 3.61. The summed E-state index contributed by atoms with van der Waals surface area (Å²) >= 11 is 0. The zero-order valence-electron chi connectivity index (χ0n) is 17.5. The molecule has 1 heterocycles. The minimum absolute atomic E-state index is 0.0665. The number of nitrogens with zero attached hydrogens (tertiary/aromatic N) is 1. The first-order valence-corrected chi connectivity index (χ1v) is 9.82. The van der Waals surface area contributed by atoms with E-state index in [1.165, 1.54) is 6.92 Å². The first-order valence-electron chi connectivity index (χ1n) is 9.82. The molecule has 11 heteroatoms. The first-order chi connectivity index (χ1) is 15.4. The van der Waals surface area contributed by atoms with Crippen molar-refractivity contribution in [1.82, 2.24) is 9.88 Å². The lowest BCUT2D eigenvalue weighted by Gasteiger charge is -2.11. The number of carbonyl (C=O) groups excluding carboxylic acids is 2. The van der Waals surface area contributed by atoms with E-state index in [0.717, 1.165) is 34.9 Å². The summed E-state index contributed by atoms with van der Waals surface area (Å²) in [6, 6.07) is 4.74. The zero-order valence-corrected chi connectivity index (χ0v) is 17.5. The van der Waals surface area contributed by atoms with Gasteiger partial charge in [0, 0.05) is 29.3 Å². The molecule has 0 spiro atoms. The van der Waals surface area contributed by atoms with Crippen molar-refractivity contribution in [3.8, 4) is 11.5 Å². The van der Waals surface area contributed by atoms with Gasteiger partial charge < -0.3 is 15.2 Å². The Bertz CT molecular complexity index is 1220. The van der Waals surface area contributed by atoms with Crippen LogP contribution in [0.2, 0.25) is 0 Å². The fourth-order valence-corrected chi connectivity index (χ4v) is 3.45. The molecule has 1 aromatic heterocycles. The van der Waals surface area contributed by atoms with Crippen molar-refractivity contribution in [2.24, 2.45) is 0 Å². The highest BCUT2D eigenvalue weighted by atomic mass is 19.4. The number of aromatic nitrogens is 1. The number of hydrogen-bond donors (Lipinski definition) is 2. The molecule has 0 atom stereocenters. The number of aromatic hydroxyl groups is 1. The van der Waals surface area contributed by atoms with Crippen molar-refractivity contribution in [2.45, 2.75) is 33.1 Å². The number of carbonyl (C=O) groups is 2. The molecule has 1 amide bonds. The molecule has 0 aliphatic carbocycles. The number of benzene rings is 2. The van der Waals surface area contributed by atoms with Crippen molar-refractivity contribution in [2.75, 3.05) is 6.54 Å². The summed E-state index contributed by atoms with van der Waals surface area (Å²) in [6.07, 6.45) is -4.61. The maximum absolute atomic E-state index is 14.8. The Morgan fingerprint density at radius 2 is 1.79 bits per heavy atom. The molecule has 0 bridgehead atoms. The van der Waals surface area contributed by atoms with E-state index in [9.17, 15) is 36.6 Å². The smallest absolute Gasteiger partial charge is 0.503 e. The van der Waals surface area contributed by atoms with Gasteiger partial charge in [0.15, 0.2) is 17.4 Å². The van der Waals surface area contributed by atoms with Crippen LogP contribution < -0.4 is 10.1 Å². The minimum Gasteiger partial charge on any atom is -0.503 e. The lowest BCUT2D eigenvalue weighted by atomic mass is 10.1. The molecule has 33 heavy (non-hydrogen) atoms. The molecular weight excluding hydrogens is 451 g/mol. The number of rotatable bonds is 6. The molecule has 0 fully saturated rings. The highest BCUT2D eigenvalue weighted by Crippen LogP contribution is 2.35. The van der Waals surface area contributed by atoms with Gasteiger partial charge in [0.05, 0.1) is 11.9 Å². The lowest BCUT2D eigenvalue weighted by molar-refractivity contribution is -0.274. The van der Waals surface area contributed by atoms with E-state index < -0.39 is 41.3 Å². The molecule has 176 valence electrons. The fourth-order valence-electron chi connectivity index (χ4n) is 3.45. The monoisotopic (exact) mass is 470 g/mol. The van der Waals surface area contributed by atoms with E-state index in [-0.39, 0.29) is 34.1 Å². The largest absolute Gasteiger partial charge is 0.573 e. The van der Waals surface area contributed by atoms with Crippen LogP contribution in [0.5, 0.6) is 11.5 Å². The second kappa shape index (κ2) is 9.08. The van der Waals surface area contributed by atoms with Crippen LogP contribution in [-0.2, 0) is 11.2 Å². The van der Waals surface area contributed by atoms with Gasteiger partial charge >= 0.3 is 6.36 Å². The van der Waals surface area contributed by atoms with Crippen molar-refractivity contribution in [3.63, 3.8) is 0 Å². The van der Waals surface area contributed by atoms with Crippen LogP contribution in [0.15, 0.2) is 30.3 Å². The third-order valence-electron chi connectivity index (χ3n) is 4.94. The topological polar surface area (TPSA) is 80.6 Å². The molecule has 3 aromatic rings. The second-order valence-corrected chi connectivity index (χ2v) is 7.22. The summed E-state index contributed by atoms with van der Waals surface area (Å²) in [4.78, 5) is 25.4. The predicted octanol–water partition coefficient (Wildman–Crippen LogP) is 4.59. The van der Waals surface area contributed by atoms with E-state index >= 15 is 0 Å². The van der Waals surface area contributed by atoms with E-state index in [0.29, 0.717) is 13.0 Å². The van der Waals surface area contributed by atoms with Crippen LogP contribution in [0.1, 0.15) is 35.0 Å². The number of nitrogens with one attached hydrogen (secondary N) is 1. The molecule has 0 unspecified atom stereocenters. The Morgan fingerprint density at radius 1 is 1.15 bits per heavy atom. The number of halogens is 5. The van der Waals surface area contributed by atoms with Gasteiger partial charge in [-0.1, -0.05) is 6.92 Å². The Kier molecular flexibility index (Phi) is 6.61. The number of fused-ring (bicyclic) bond motifs is 1. The van der Waals surface area contributed by atoms with Crippen molar-refractivity contribution >= 4 is 22.7 Å². The third kappa shape index (κ3) is 4.91. The predicted molar refractivity (Wildman–Crippen MR) is 108 cm³/mol. The summed E-state index contributed by atoms with van der Waals surface area (Å²) < 4.78 is 70.8. The van der Waals surface area contributed by atoms with Crippen molar-refractivity contribution in [1.29, 1.82) is 0 Å². The fraction of sp³-hybridized carbons (Fsp3) is 0.273. The lowest BCUT2D eigenvalue weighted by Crippen LogP contribution is -2.26. The Hall–Kier alpha value is -3.63. The number of hydrogen-bond acceptors (Lipinski definition) is 4. The van der Waals surface area contributed by atoms with Gasteiger partial charge in [0.1, 0.15) is 5.75 Å². The number of phenolic OH excluding ortho intramolecular Hbond substituents is 1. The maximum Gasteiger partial charge on any atom is 0.573 e. The van der Waals surface area contributed by atoms with Gasteiger partial charge in [-0.25, -0.2) is 8.78 Å². The second-order valence-electron chi connectivity index (χ2n) is 7.22. The van der Waals surface area contributed by atoms with Gasteiger partial charge in [-0.2, -0.15) is 0 Å². The van der Waals surface area contributed by atoms with Crippen LogP contribution in [0.4, 0.5) is 22.0 Å². The molecule has 2 aromatic carbocycles. The number of phenols is 1. The van der Waals surface area contributed by atoms with Gasteiger partial charge in [0.25, 0.3) is 5.91 Å². The molecule has 2 N–H and O–H groups in total. The molecule has 0 saturated carbocycles. The molecule has 0 aliphatic rings. The maximum atomic E-state index is 14.8. The summed E-state index contributed by atoms with van der Waals surface area (Å²) in [5.74, 6) is -5.72. The number of amides is 1. The van der Waals surface area contributed by atoms with E-state index in [1.807, 2.05) is 6.92 Å². The van der Waals surface area contributed by atoms with Crippen LogP contribution in [-0.4, -0.2) is 34.4 Å². The van der Waals surface area contributed by atoms with E-state index in [2.05, 4.69) is 10.1 Å². The Labute approximate surface area is 184 Å². The SMILES string of the molecule is CCCNC(=O)Cc1c(C)n(C(=O)c2ccc(OC(F)(F)F)cc2)c2cc(F)c(O)c(F)c12. The average Bonchev–Trinajstić information content (AvgIpc) is 3.00. The van der Waals surface area contributed by atoms with Crippen molar-refractivity contribution in [3.05, 3.63) is 58.8 Å². The number of alkyl halides is 3. The third-order valence-corrected chi connectivity index (χ3v) is 4.94. The van der Waals surface area contributed by atoms with Gasteiger partial charge in [-0.15, -0.1) is 13.2 Å². The van der Waals surface area contributed by atoms with Crippen LogP contribution in [0.25, 0.3) is 10.9 Å². The van der Waals surface area contributed by atoms with E-state index in [4.69, 9.17) is 0 Å². The van der Waals surface area contributed by atoms with Gasteiger partial charge in [0.2, 0.25) is 5.91 Å². The molecular formula is C22H19F5N2O4. The van der Waals surface area contributed by atoms with Crippen molar-refractivity contribution < 1.29 is 41.4 Å². The minimum atomic E-state index is -4.91. The van der Waals surface area contributed by atoms with Crippen LogP contribution in [0.3, 0.4) is 0 Å². The van der Waals surface area contributed by atoms with Gasteiger partial charge in [-0.05, 0) is 43.2 Å². The molecule has 6 nitrogen and oxygen atoms in total.